The van der Waals surface area contributed by atoms with E-state index in [0.717, 1.165) is 22.3 Å². The summed E-state index contributed by atoms with van der Waals surface area (Å²) in [6.45, 7) is 1.00. The number of rotatable bonds is 6. The van der Waals surface area contributed by atoms with Crippen molar-refractivity contribution in [1.82, 2.24) is 0 Å². The Balaban J connectivity index is 1.79. The first kappa shape index (κ1) is 15.9. The fourth-order valence-electron chi connectivity index (χ4n) is 2.59. The third-order valence-electron chi connectivity index (χ3n) is 3.79. The Bertz CT molecular complexity index is 838. The molecule has 0 fully saturated rings. The lowest BCUT2D eigenvalue weighted by molar-refractivity contribution is -0.00304. The van der Waals surface area contributed by atoms with Crippen LogP contribution in [0.4, 0.5) is 0 Å². The molecule has 0 N–H and O–H groups in total. The molecule has 0 amide bonds. The van der Waals surface area contributed by atoms with Crippen LogP contribution >= 0.6 is 0 Å². The van der Waals surface area contributed by atoms with Crippen molar-refractivity contribution < 1.29 is 9.53 Å². The van der Waals surface area contributed by atoms with Crippen molar-refractivity contribution in [3.63, 3.8) is 0 Å². The first-order valence-electron chi connectivity index (χ1n) is 7.86. The first-order chi connectivity index (χ1) is 11.9. The van der Waals surface area contributed by atoms with E-state index in [0.29, 0.717) is 18.9 Å². The van der Waals surface area contributed by atoms with Crippen molar-refractivity contribution in [2.24, 2.45) is 0 Å². The Morgan fingerprint density at radius 1 is 0.750 bits per heavy atom. The van der Waals surface area contributed by atoms with Gasteiger partial charge in [0, 0.05) is 0 Å². The Morgan fingerprint density at radius 2 is 1.38 bits per heavy atom. The summed E-state index contributed by atoms with van der Waals surface area (Å²) >= 11 is 0. The third-order valence-corrected chi connectivity index (χ3v) is 3.79. The van der Waals surface area contributed by atoms with Crippen LogP contribution in [0.1, 0.15) is 22.3 Å². The standard InChI is InChI=1S/C21H18N2O/c22-23-21(18-11-5-2-6-12-18)20-14-8-7-13-19(20)16-24-15-17-9-3-1-4-10-17/h1-14H,15-16H2. The van der Waals surface area contributed by atoms with Crippen LogP contribution in [0.25, 0.3) is 5.53 Å². The summed E-state index contributed by atoms with van der Waals surface area (Å²) in [6.07, 6.45) is 0. The van der Waals surface area contributed by atoms with Gasteiger partial charge >= 0.3 is 5.71 Å². The molecule has 0 saturated heterocycles. The van der Waals surface area contributed by atoms with Gasteiger partial charge in [0.05, 0.1) is 24.3 Å². The molecule has 0 aromatic heterocycles. The molecule has 0 atom stereocenters. The van der Waals surface area contributed by atoms with Crippen LogP contribution in [0.3, 0.4) is 0 Å². The summed E-state index contributed by atoms with van der Waals surface area (Å²) in [4.78, 5) is 3.52. The maximum absolute atomic E-state index is 9.51. The number of hydrogen-bond acceptors (Lipinski definition) is 1. The summed E-state index contributed by atoms with van der Waals surface area (Å²) in [5, 5.41) is 0. The van der Waals surface area contributed by atoms with E-state index in [9.17, 15) is 5.53 Å². The second-order valence-electron chi connectivity index (χ2n) is 5.45. The van der Waals surface area contributed by atoms with E-state index in [1.54, 1.807) is 0 Å². The molecule has 3 aromatic rings. The van der Waals surface area contributed by atoms with Gasteiger partial charge in [-0.3, -0.25) is 0 Å². The molecule has 0 aliphatic carbocycles. The van der Waals surface area contributed by atoms with E-state index in [-0.39, 0.29) is 0 Å². The van der Waals surface area contributed by atoms with Gasteiger partial charge in [-0.1, -0.05) is 66.7 Å². The van der Waals surface area contributed by atoms with E-state index < -0.39 is 0 Å². The van der Waals surface area contributed by atoms with E-state index in [1.807, 2.05) is 84.9 Å². The second kappa shape index (κ2) is 8.02. The monoisotopic (exact) mass is 314 g/mol. The molecular formula is C21H18N2O. The predicted octanol–water partition coefficient (Wildman–Crippen LogP) is 4.47. The van der Waals surface area contributed by atoms with Gasteiger partial charge in [-0.05, 0) is 29.3 Å². The minimum Gasteiger partial charge on any atom is -0.372 e. The summed E-state index contributed by atoms with van der Waals surface area (Å²) in [7, 11) is 0. The van der Waals surface area contributed by atoms with Crippen LogP contribution in [0, 0.1) is 0 Å². The van der Waals surface area contributed by atoms with Crippen LogP contribution < -0.4 is 0 Å². The maximum atomic E-state index is 9.51. The number of benzene rings is 3. The molecule has 0 radical (unpaired) electrons. The normalized spacial score (nSPS) is 10.2. The molecule has 3 rings (SSSR count). The summed E-state index contributed by atoms with van der Waals surface area (Å²) in [5.41, 5.74) is 13.9. The van der Waals surface area contributed by atoms with Crippen LogP contribution in [0.5, 0.6) is 0 Å². The summed E-state index contributed by atoms with van der Waals surface area (Å²) in [5.74, 6) is 0. The molecule has 3 heteroatoms. The highest BCUT2D eigenvalue weighted by Gasteiger charge is 2.18. The van der Waals surface area contributed by atoms with Crippen LogP contribution in [-0.2, 0) is 18.0 Å². The highest BCUT2D eigenvalue weighted by Crippen LogP contribution is 2.16. The maximum Gasteiger partial charge on any atom is 0.330 e. The lowest BCUT2D eigenvalue weighted by Crippen LogP contribution is -2.09. The Morgan fingerprint density at radius 3 is 2.08 bits per heavy atom. The van der Waals surface area contributed by atoms with Crippen molar-refractivity contribution in [2.45, 2.75) is 13.2 Å². The van der Waals surface area contributed by atoms with Gasteiger partial charge in [-0.15, -0.1) is 0 Å². The van der Waals surface area contributed by atoms with Gasteiger partial charge < -0.3 is 10.3 Å². The molecule has 0 saturated carbocycles. The van der Waals surface area contributed by atoms with Gasteiger partial charge in [0.25, 0.3) is 0 Å². The van der Waals surface area contributed by atoms with E-state index in [4.69, 9.17) is 4.74 Å². The third kappa shape index (κ3) is 3.85. The average Bonchev–Trinajstić information content (AvgIpc) is 2.65. The Labute approximate surface area is 141 Å². The van der Waals surface area contributed by atoms with Crippen molar-refractivity contribution in [1.29, 1.82) is 0 Å². The summed E-state index contributed by atoms with van der Waals surface area (Å²) < 4.78 is 5.84. The Kier molecular flexibility index (Phi) is 5.31. The van der Waals surface area contributed by atoms with Crippen molar-refractivity contribution in [2.75, 3.05) is 0 Å². The molecule has 0 heterocycles. The topological polar surface area (TPSA) is 45.6 Å². The molecule has 0 spiro atoms. The van der Waals surface area contributed by atoms with E-state index in [1.165, 1.54) is 0 Å². The minimum absolute atomic E-state index is 0.455. The smallest absolute Gasteiger partial charge is 0.330 e. The average molecular weight is 314 g/mol. The predicted molar refractivity (Wildman–Crippen MR) is 94.6 cm³/mol. The lowest BCUT2D eigenvalue weighted by atomic mass is 9.98. The van der Waals surface area contributed by atoms with Crippen molar-refractivity contribution in [3.8, 4) is 0 Å². The molecule has 24 heavy (non-hydrogen) atoms. The van der Waals surface area contributed by atoms with E-state index in [2.05, 4.69) is 4.79 Å². The summed E-state index contributed by atoms with van der Waals surface area (Å²) in [6, 6.07) is 27.5. The lowest BCUT2D eigenvalue weighted by Gasteiger charge is -2.08. The van der Waals surface area contributed by atoms with Crippen LogP contribution in [0.2, 0.25) is 0 Å². The largest absolute Gasteiger partial charge is 0.372 e. The SMILES string of the molecule is [N-]=[N+]=C(c1ccccc1)c1ccccc1COCc1ccccc1. The zero-order valence-electron chi connectivity index (χ0n) is 13.3. The van der Waals surface area contributed by atoms with Crippen molar-refractivity contribution >= 4 is 5.71 Å². The van der Waals surface area contributed by atoms with Gasteiger partial charge in [0.1, 0.15) is 0 Å². The molecular weight excluding hydrogens is 296 g/mol. The molecule has 0 aliphatic heterocycles. The fourth-order valence-corrected chi connectivity index (χ4v) is 2.59. The minimum atomic E-state index is 0.455. The molecule has 3 nitrogen and oxygen atoms in total. The van der Waals surface area contributed by atoms with Crippen molar-refractivity contribution in [3.05, 3.63) is 113 Å². The Hall–Kier alpha value is -3.00. The number of ether oxygens (including phenoxy) is 1. The molecule has 3 aromatic carbocycles. The molecule has 0 bridgehead atoms. The molecule has 118 valence electrons. The van der Waals surface area contributed by atoms with Gasteiger partial charge in [0.2, 0.25) is 0 Å². The highest BCUT2D eigenvalue weighted by atomic mass is 16.5. The second-order valence-corrected chi connectivity index (χ2v) is 5.45. The molecule has 0 unspecified atom stereocenters. The van der Waals surface area contributed by atoms with E-state index >= 15 is 0 Å². The van der Waals surface area contributed by atoms with Crippen LogP contribution in [0.15, 0.2) is 84.9 Å². The number of hydrogen-bond donors (Lipinski definition) is 0. The van der Waals surface area contributed by atoms with Gasteiger partial charge in [-0.25, -0.2) is 0 Å². The fraction of sp³-hybridized carbons (Fsp3) is 0.0952. The highest BCUT2D eigenvalue weighted by molar-refractivity contribution is 6.10. The zero-order valence-corrected chi connectivity index (χ0v) is 13.3. The quantitative estimate of drug-likeness (QED) is 0.376. The van der Waals surface area contributed by atoms with Gasteiger partial charge in [0.15, 0.2) is 0 Å². The first-order valence-corrected chi connectivity index (χ1v) is 7.86. The van der Waals surface area contributed by atoms with Gasteiger partial charge in [-0.2, -0.15) is 4.79 Å². The zero-order chi connectivity index (χ0) is 16.6. The van der Waals surface area contributed by atoms with Crippen LogP contribution in [-0.4, -0.2) is 10.5 Å². The molecule has 0 aliphatic rings. The number of nitrogens with zero attached hydrogens (tertiary/aromatic N) is 2.